The van der Waals surface area contributed by atoms with Gasteiger partial charge in [-0.3, -0.25) is 4.68 Å². The third-order valence-corrected chi connectivity index (χ3v) is 6.34. The lowest BCUT2D eigenvalue weighted by atomic mass is 9.99. The van der Waals surface area contributed by atoms with Crippen LogP contribution < -0.4 is 4.74 Å². The molecule has 4 nitrogen and oxygen atoms in total. The SMILES string of the molecule is CN(C)CCn1nc2c3c(c4c(cc31)OC(C)(C)C=C4)Sc1ccccc1-2. The van der Waals surface area contributed by atoms with Crippen LogP contribution >= 0.6 is 11.8 Å². The zero-order chi connectivity index (χ0) is 18.8. The Kier molecular flexibility index (Phi) is 3.68. The van der Waals surface area contributed by atoms with Gasteiger partial charge in [0.1, 0.15) is 17.0 Å². The second kappa shape index (κ2) is 5.88. The number of aromatic nitrogens is 2. The summed E-state index contributed by atoms with van der Waals surface area (Å²) < 4.78 is 8.46. The normalized spacial score (nSPS) is 16.3. The van der Waals surface area contributed by atoms with Gasteiger partial charge in [0.25, 0.3) is 0 Å². The first-order chi connectivity index (χ1) is 12.9. The van der Waals surface area contributed by atoms with Crippen LogP contribution in [0.2, 0.25) is 0 Å². The monoisotopic (exact) mass is 377 g/mol. The summed E-state index contributed by atoms with van der Waals surface area (Å²) in [7, 11) is 4.19. The minimum absolute atomic E-state index is 0.290. The predicted octanol–water partition coefficient (Wildman–Crippen LogP) is 4.91. The van der Waals surface area contributed by atoms with Crippen LogP contribution in [0.4, 0.5) is 0 Å². The van der Waals surface area contributed by atoms with Crippen molar-refractivity contribution in [3.63, 3.8) is 0 Å². The molecule has 0 saturated carbocycles. The molecule has 0 spiro atoms. The maximum absolute atomic E-state index is 6.32. The van der Waals surface area contributed by atoms with Crippen molar-refractivity contribution in [2.75, 3.05) is 20.6 Å². The third-order valence-electron chi connectivity index (χ3n) is 5.13. The molecule has 0 atom stereocenters. The minimum atomic E-state index is -0.290. The van der Waals surface area contributed by atoms with Crippen molar-refractivity contribution >= 4 is 28.7 Å². The lowest BCUT2D eigenvalue weighted by Crippen LogP contribution is -2.27. The molecule has 3 aromatic rings. The van der Waals surface area contributed by atoms with E-state index in [4.69, 9.17) is 9.84 Å². The molecular weight excluding hydrogens is 354 g/mol. The second-order valence-corrected chi connectivity index (χ2v) is 9.08. The van der Waals surface area contributed by atoms with Crippen molar-refractivity contribution in [3.05, 3.63) is 42.0 Å². The molecule has 5 rings (SSSR count). The van der Waals surface area contributed by atoms with Gasteiger partial charge < -0.3 is 9.64 Å². The molecule has 2 aliphatic heterocycles. The van der Waals surface area contributed by atoms with Crippen LogP contribution in [-0.2, 0) is 6.54 Å². The maximum atomic E-state index is 6.32. The predicted molar refractivity (Wildman–Crippen MR) is 112 cm³/mol. The van der Waals surface area contributed by atoms with Gasteiger partial charge in [-0.2, -0.15) is 5.10 Å². The fourth-order valence-electron chi connectivity index (χ4n) is 3.76. The first-order valence-corrected chi connectivity index (χ1v) is 10.1. The molecule has 0 radical (unpaired) electrons. The molecule has 138 valence electrons. The Morgan fingerprint density at radius 2 is 2.04 bits per heavy atom. The van der Waals surface area contributed by atoms with Crippen molar-refractivity contribution in [2.45, 2.75) is 35.8 Å². The molecule has 5 heteroatoms. The number of hydrogen-bond acceptors (Lipinski definition) is 4. The number of rotatable bonds is 3. The summed E-state index contributed by atoms with van der Waals surface area (Å²) in [5.41, 5.74) is 4.37. The number of nitrogens with zero attached hydrogens (tertiary/aromatic N) is 3. The summed E-state index contributed by atoms with van der Waals surface area (Å²) >= 11 is 1.83. The molecule has 1 aromatic heterocycles. The van der Waals surface area contributed by atoms with Crippen molar-refractivity contribution in [1.82, 2.24) is 14.7 Å². The van der Waals surface area contributed by atoms with Gasteiger partial charge in [-0.05, 0) is 40.1 Å². The lowest BCUT2D eigenvalue weighted by Gasteiger charge is -2.30. The first-order valence-electron chi connectivity index (χ1n) is 9.31. The molecule has 0 N–H and O–H groups in total. The van der Waals surface area contributed by atoms with E-state index in [-0.39, 0.29) is 5.60 Å². The van der Waals surface area contributed by atoms with Crippen molar-refractivity contribution in [1.29, 1.82) is 0 Å². The molecule has 0 bridgehead atoms. The highest BCUT2D eigenvalue weighted by atomic mass is 32.2. The highest BCUT2D eigenvalue weighted by molar-refractivity contribution is 8.00. The van der Waals surface area contributed by atoms with Crippen LogP contribution in [0.15, 0.2) is 46.2 Å². The number of likely N-dealkylation sites (N-methyl/N-ethyl adjacent to an activating group) is 1. The number of benzene rings is 2. The zero-order valence-electron chi connectivity index (χ0n) is 16.1. The third kappa shape index (κ3) is 2.68. The average Bonchev–Trinajstić information content (AvgIpc) is 2.98. The molecule has 0 aliphatic carbocycles. The van der Waals surface area contributed by atoms with Crippen molar-refractivity contribution in [3.8, 4) is 17.0 Å². The Bertz CT molecular complexity index is 1090. The first kappa shape index (κ1) is 16.9. The number of ether oxygens (including phenoxy) is 1. The van der Waals surface area contributed by atoms with Crippen LogP contribution in [0.1, 0.15) is 19.4 Å². The molecule has 0 amide bonds. The summed E-state index contributed by atoms with van der Waals surface area (Å²) in [5.74, 6) is 0.953. The van der Waals surface area contributed by atoms with E-state index in [2.05, 4.69) is 80.0 Å². The van der Waals surface area contributed by atoms with Crippen LogP contribution in [0.25, 0.3) is 28.2 Å². The van der Waals surface area contributed by atoms with Gasteiger partial charge in [0.15, 0.2) is 0 Å². The molecule has 2 aliphatic rings. The minimum Gasteiger partial charge on any atom is -0.483 e. The summed E-state index contributed by atoms with van der Waals surface area (Å²) in [4.78, 5) is 4.71. The molecular formula is C22H23N3OS. The van der Waals surface area contributed by atoms with E-state index in [1.54, 1.807) is 0 Å². The molecule has 2 aromatic carbocycles. The second-order valence-electron chi connectivity index (χ2n) is 8.02. The van der Waals surface area contributed by atoms with E-state index >= 15 is 0 Å². The molecule has 3 heterocycles. The fraction of sp³-hybridized carbons (Fsp3) is 0.318. The summed E-state index contributed by atoms with van der Waals surface area (Å²) in [6.07, 6.45) is 4.37. The largest absolute Gasteiger partial charge is 0.483 e. The maximum Gasteiger partial charge on any atom is 0.131 e. The van der Waals surface area contributed by atoms with Crippen LogP contribution in [0, 0.1) is 0 Å². The van der Waals surface area contributed by atoms with Gasteiger partial charge in [0.05, 0.1) is 12.1 Å². The van der Waals surface area contributed by atoms with Crippen molar-refractivity contribution in [2.24, 2.45) is 0 Å². The topological polar surface area (TPSA) is 30.3 Å². The Hall–Kier alpha value is -2.24. The van der Waals surface area contributed by atoms with E-state index < -0.39 is 0 Å². The van der Waals surface area contributed by atoms with E-state index in [0.717, 1.165) is 30.0 Å². The van der Waals surface area contributed by atoms with Crippen LogP contribution in [-0.4, -0.2) is 40.9 Å². The Morgan fingerprint density at radius 3 is 2.85 bits per heavy atom. The number of fused-ring (bicyclic) bond motifs is 4. The average molecular weight is 378 g/mol. The summed E-state index contributed by atoms with van der Waals surface area (Å²) in [6, 6.07) is 10.7. The van der Waals surface area contributed by atoms with E-state index in [1.807, 2.05) is 11.8 Å². The van der Waals surface area contributed by atoms with E-state index in [9.17, 15) is 0 Å². The van der Waals surface area contributed by atoms with E-state index in [0.29, 0.717) is 0 Å². The zero-order valence-corrected chi connectivity index (χ0v) is 16.9. The van der Waals surface area contributed by atoms with Crippen LogP contribution in [0.5, 0.6) is 5.75 Å². The van der Waals surface area contributed by atoms with Gasteiger partial charge >= 0.3 is 0 Å². The van der Waals surface area contributed by atoms with Gasteiger partial charge in [0.2, 0.25) is 0 Å². The fourth-order valence-corrected chi connectivity index (χ4v) is 4.98. The quantitative estimate of drug-likeness (QED) is 0.507. The van der Waals surface area contributed by atoms with Crippen LogP contribution in [0.3, 0.4) is 0 Å². The Labute approximate surface area is 163 Å². The Balaban J connectivity index is 1.79. The number of hydrogen-bond donors (Lipinski definition) is 0. The summed E-state index contributed by atoms with van der Waals surface area (Å²) in [6.45, 7) is 6.00. The standard InChI is InChI=1S/C22H23N3OS/c1-22(2)10-9-14-17(26-22)13-16-19-20(23-25(16)12-11-24(3)4)15-7-5-6-8-18(15)27-21(14)19/h5-10,13H,11-12H2,1-4H3. The molecule has 27 heavy (non-hydrogen) atoms. The van der Waals surface area contributed by atoms with Gasteiger partial charge in [-0.25, -0.2) is 0 Å². The lowest BCUT2D eigenvalue weighted by molar-refractivity contribution is 0.158. The molecule has 0 unspecified atom stereocenters. The van der Waals surface area contributed by atoms with Gasteiger partial charge in [-0.15, -0.1) is 0 Å². The highest BCUT2D eigenvalue weighted by Crippen LogP contribution is 2.52. The van der Waals surface area contributed by atoms with Crippen molar-refractivity contribution < 1.29 is 4.74 Å². The molecule has 0 saturated heterocycles. The van der Waals surface area contributed by atoms with Gasteiger partial charge in [0, 0.05) is 38.9 Å². The highest BCUT2D eigenvalue weighted by Gasteiger charge is 2.31. The summed E-state index contributed by atoms with van der Waals surface area (Å²) in [5, 5.41) is 6.29. The Morgan fingerprint density at radius 1 is 1.22 bits per heavy atom. The van der Waals surface area contributed by atoms with E-state index in [1.165, 1.54) is 26.3 Å². The molecule has 0 fully saturated rings. The van der Waals surface area contributed by atoms with Gasteiger partial charge in [-0.1, -0.05) is 36.0 Å². The smallest absolute Gasteiger partial charge is 0.131 e.